The third-order valence-electron chi connectivity index (χ3n) is 3.00. The van der Waals surface area contributed by atoms with Gasteiger partial charge in [0, 0.05) is 11.8 Å². The van der Waals surface area contributed by atoms with E-state index in [9.17, 15) is 4.79 Å². The minimum Gasteiger partial charge on any atom is -0.497 e. The number of nitrogens with zero attached hydrogens (tertiary/aromatic N) is 2. The molecule has 0 fully saturated rings. The number of hydrogen-bond donors (Lipinski definition) is 1. The number of carbonyl (C=O) groups is 1. The van der Waals surface area contributed by atoms with Gasteiger partial charge in [0.1, 0.15) is 11.4 Å². The molecule has 0 aliphatic carbocycles. The molecule has 3 rings (SSSR count). The zero-order valence-electron chi connectivity index (χ0n) is 12.1. The fourth-order valence-corrected chi connectivity index (χ4v) is 2.02. The van der Waals surface area contributed by atoms with E-state index < -0.39 is 5.97 Å². The van der Waals surface area contributed by atoms with Gasteiger partial charge in [0.15, 0.2) is 6.61 Å². The van der Waals surface area contributed by atoms with Crippen molar-refractivity contribution in [3.63, 3.8) is 0 Å². The maximum Gasteiger partial charge on any atom is 0.355 e. The van der Waals surface area contributed by atoms with Gasteiger partial charge in [-0.15, -0.1) is 10.2 Å². The largest absolute Gasteiger partial charge is 0.497 e. The second kappa shape index (κ2) is 6.53. The van der Waals surface area contributed by atoms with Crippen LogP contribution in [0.1, 0.15) is 16.4 Å². The van der Waals surface area contributed by atoms with Gasteiger partial charge in [-0.2, -0.15) is 0 Å². The maximum absolute atomic E-state index is 11.8. The molecule has 0 radical (unpaired) electrons. The molecule has 23 heavy (non-hydrogen) atoms. The predicted octanol–water partition coefficient (Wildman–Crippen LogP) is 3.08. The predicted molar refractivity (Wildman–Crippen MR) is 81.2 cm³/mol. The van der Waals surface area contributed by atoms with E-state index in [0.717, 1.165) is 11.3 Å². The van der Waals surface area contributed by atoms with E-state index in [2.05, 4.69) is 15.2 Å². The van der Waals surface area contributed by atoms with E-state index in [1.807, 2.05) is 0 Å². The number of nitrogens with one attached hydrogen (secondary N) is 1. The first-order valence-corrected chi connectivity index (χ1v) is 7.01. The molecule has 0 saturated carbocycles. The average molecular weight is 334 g/mol. The number of halogens is 1. The summed E-state index contributed by atoms with van der Waals surface area (Å²) >= 11 is 5.73. The molecule has 2 aromatic heterocycles. The first kappa shape index (κ1) is 15.1. The molecule has 0 unspecified atom stereocenters. The zero-order valence-corrected chi connectivity index (χ0v) is 12.8. The summed E-state index contributed by atoms with van der Waals surface area (Å²) in [6.07, 6.45) is 1.49. The Morgan fingerprint density at radius 1 is 1.30 bits per heavy atom. The lowest BCUT2D eigenvalue weighted by Gasteiger charge is -2.00. The Hall–Kier alpha value is -2.80. The number of aromatic amines is 1. The minimum absolute atomic E-state index is 0.126. The van der Waals surface area contributed by atoms with Crippen molar-refractivity contribution < 1.29 is 18.7 Å². The average Bonchev–Trinajstić information content (AvgIpc) is 3.22. The van der Waals surface area contributed by atoms with Crippen molar-refractivity contribution in [3.8, 4) is 17.2 Å². The van der Waals surface area contributed by atoms with Crippen molar-refractivity contribution >= 4 is 17.6 Å². The normalized spacial score (nSPS) is 10.5. The Bertz CT molecular complexity index is 810. The summed E-state index contributed by atoms with van der Waals surface area (Å²) in [5, 5.41) is 8.19. The number of H-pyrrole nitrogens is 1. The summed E-state index contributed by atoms with van der Waals surface area (Å²) in [5.41, 5.74) is 0.997. The fourth-order valence-electron chi connectivity index (χ4n) is 1.85. The van der Waals surface area contributed by atoms with Crippen LogP contribution in [0.4, 0.5) is 0 Å². The highest BCUT2D eigenvalue weighted by atomic mass is 35.5. The number of ether oxygens (including phenoxy) is 2. The van der Waals surface area contributed by atoms with Gasteiger partial charge in [-0.1, -0.05) is 11.6 Å². The van der Waals surface area contributed by atoms with Crippen LogP contribution in [0.2, 0.25) is 5.02 Å². The van der Waals surface area contributed by atoms with E-state index in [1.165, 1.54) is 12.3 Å². The second-order valence-electron chi connectivity index (χ2n) is 4.54. The van der Waals surface area contributed by atoms with Gasteiger partial charge in [0.25, 0.3) is 5.89 Å². The van der Waals surface area contributed by atoms with Gasteiger partial charge < -0.3 is 18.9 Å². The molecule has 0 aliphatic rings. The molecule has 1 N–H and O–H groups in total. The summed E-state index contributed by atoms with van der Waals surface area (Å²) in [4.78, 5) is 14.5. The fraction of sp³-hybridized carbons (Fsp3) is 0.133. The lowest BCUT2D eigenvalue weighted by atomic mass is 10.2. The first-order valence-electron chi connectivity index (χ1n) is 6.63. The smallest absolute Gasteiger partial charge is 0.355 e. The standard InChI is InChI=1S/C15H12ClN3O4/c1-21-11-4-2-9(3-5-11)14-19-18-13(23-14)8-22-15(20)12-6-10(16)7-17-12/h2-7,17H,8H2,1H3. The maximum atomic E-state index is 11.8. The van der Waals surface area contributed by atoms with Crippen molar-refractivity contribution in [2.75, 3.05) is 7.11 Å². The SMILES string of the molecule is COc1ccc(-c2nnc(COC(=O)c3cc(Cl)c[nH]3)o2)cc1. The van der Waals surface area contributed by atoms with Gasteiger partial charge in [0.2, 0.25) is 5.89 Å². The van der Waals surface area contributed by atoms with Crippen LogP contribution in [0.15, 0.2) is 40.9 Å². The molecular weight excluding hydrogens is 322 g/mol. The Kier molecular flexibility index (Phi) is 4.29. The number of benzene rings is 1. The molecule has 0 spiro atoms. The van der Waals surface area contributed by atoms with Crippen LogP contribution < -0.4 is 4.74 Å². The van der Waals surface area contributed by atoms with Crippen molar-refractivity contribution in [1.82, 2.24) is 15.2 Å². The van der Waals surface area contributed by atoms with E-state index in [4.69, 9.17) is 25.5 Å². The zero-order chi connectivity index (χ0) is 16.2. The lowest BCUT2D eigenvalue weighted by molar-refractivity contribution is 0.0432. The second-order valence-corrected chi connectivity index (χ2v) is 4.97. The van der Waals surface area contributed by atoms with E-state index >= 15 is 0 Å². The van der Waals surface area contributed by atoms with Crippen molar-refractivity contribution in [1.29, 1.82) is 0 Å². The van der Waals surface area contributed by atoms with Crippen molar-refractivity contribution in [2.45, 2.75) is 6.61 Å². The summed E-state index contributed by atoms with van der Waals surface area (Å²) in [7, 11) is 1.59. The van der Waals surface area contributed by atoms with Crippen LogP contribution in [0.25, 0.3) is 11.5 Å². The van der Waals surface area contributed by atoms with Crippen LogP contribution in [-0.4, -0.2) is 28.3 Å². The highest BCUT2D eigenvalue weighted by molar-refractivity contribution is 6.30. The Morgan fingerprint density at radius 2 is 2.09 bits per heavy atom. The highest BCUT2D eigenvalue weighted by Gasteiger charge is 2.13. The van der Waals surface area contributed by atoms with Gasteiger partial charge in [-0.25, -0.2) is 4.79 Å². The third-order valence-corrected chi connectivity index (χ3v) is 3.22. The molecule has 8 heteroatoms. The highest BCUT2D eigenvalue weighted by Crippen LogP contribution is 2.21. The Balaban J connectivity index is 1.63. The number of hydrogen-bond acceptors (Lipinski definition) is 6. The molecule has 118 valence electrons. The quantitative estimate of drug-likeness (QED) is 0.721. The van der Waals surface area contributed by atoms with Crippen LogP contribution in [0.3, 0.4) is 0 Å². The van der Waals surface area contributed by atoms with E-state index in [1.54, 1.807) is 31.4 Å². The summed E-state index contributed by atoms with van der Waals surface area (Å²) in [6, 6.07) is 8.63. The molecule has 1 aromatic carbocycles. The topological polar surface area (TPSA) is 90.2 Å². The van der Waals surface area contributed by atoms with Crippen LogP contribution in [0.5, 0.6) is 5.75 Å². The van der Waals surface area contributed by atoms with Crippen LogP contribution >= 0.6 is 11.6 Å². The first-order chi connectivity index (χ1) is 11.2. The van der Waals surface area contributed by atoms with Gasteiger partial charge in [-0.05, 0) is 30.3 Å². The Morgan fingerprint density at radius 3 is 2.74 bits per heavy atom. The number of rotatable bonds is 5. The number of methoxy groups -OCH3 is 1. The van der Waals surface area contributed by atoms with Crippen LogP contribution in [0, 0.1) is 0 Å². The van der Waals surface area contributed by atoms with Gasteiger partial charge in [-0.3, -0.25) is 0 Å². The summed E-state index contributed by atoms with van der Waals surface area (Å²) in [6.45, 7) is -0.126. The number of esters is 1. The minimum atomic E-state index is -0.555. The molecule has 2 heterocycles. The summed E-state index contributed by atoms with van der Waals surface area (Å²) < 4.78 is 15.6. The molecule has 7 nitrogen and oxygen atoms in total. The lowest BCUT2D eigenvalue weighted by Crippen LogP contribution is -2.05. The molecule has 0 aliphatic heterocycles. The van der Waals surface area contributed by atoms with Crippen molar-refractivity contribution in [2.24, 2.45) is 0 Å². The van der Waals surface area contributed by atoms with Crippen LogP contribution in [-0.2, 0) is 11.3 Å². The summed E-state index contributed by atoms with van der Waals surface area (Å²) in [5.74, 6) is 0.705. The molecule has 3 aromatic rings. The number of carbonyl (C=O) groups excluding carboxylic acids is 1. The monoisotopic (exact) mass is 333 g/mol. The van der Waals surface area contributed by atoms with Crippen molar-refractivity contribution in [3.05, 3.63) is 53.1 Å². The molecule has 0 saturated heterocycles. The molecular formula is C15H12ClN3O4. The molecule has 0 bridgehead atoms. The van der Waals surface area contributed by atoms with E-state index in [0.29, 0.717) is 10.9 Å². The Labute approximate surface area is 136 Å². The van der Waals surface area contributed by atoms with Gasteiger partial charge in [0.05, 0.1) is 12.1 Å². The molecule has 0 atom stereocenters. The van der Waals surface area contributed by atoms with E-state index in [-0.39, 0.29) is 18.2 Å². The molecule has 0 amide bonds. The number of aromatic nitrogens is 3. The van der Waals surface area contributed by atoms with Gasteiger partial charge >= 0.3 is 5.97 Å². The third kappa shape index (κ3) is 3.51.